The predicted octanol–water partition coefficient (Wildman–Crippen LogP) is 2.23. The van der Waals surface area contributed by atoms with Gasteiger partial charge in [0.1, 0.15) is 0 Å². The number of carbonyl (C=O) groups is 1. The van der Waals surface area contributed by atoms with Crippen molar-refractivity contribution < 1.29 is 4.79 Å². The van der Waals surface area contributed by atoms with Crippen molar-refractivity contribution in [3.05, 3.63) is 23.2 Å². The number of hydrogen-bond donors (Lipinski definition) is 1. The first-order chi connectivity index (χ1) is 8.49. The fraction of sp³-hybridized carbons (Fsp3) is 0.462. The van der Waals surface area contributed by atoms with E-state index < -0.39 is 0 Å². The maximum absolute atomic E-state index is 12.0. The monoisotopic (exact) mass is 269 g/mol. The van der Waals surface area contributed by atoms with Crippen LogP contribution in [0.5, 0.6) is 0 Å². The van der Waals surface area contributed by atoms with Crippen LogP contribution in [0.15, 0.2) is 18.2 Å². The van der Waals surface area contributed by atoms with E-state index >= 15 is 0 Å². The molecule has 0 saturated heterocycles. The average molecular weight is 270 g/mol. The van der Waals surface area contributed by atoms with Gasteiger partial charge in [-0.25, -0.2) is 0 Å². The largest absolute Gasteiger partial charge is 0.397 e. The van der Waals surface area contributed by atoms with Crippen LogP contribution < -0.4 is 10.6 Å². The Morgan fingerprint density at radius 2 is 1.94 bits per heavy atom. The summed E-state index contributed by atoms with van der Waals surface area (Å²) in [4.78, 5) is 15.6. The van der Waals surface area contributed by atoms with Crippen LogP contribution in [0.1, 0.15) is 13.8 Å². The lowest BCUT2D eigenvalue weighted by molar-refractivity contribution is -0.129. The SMILES string of the molecule is CCN(CC)C(=O)CN(C)c1ccc(Cl)cc1N. The molecule has 18 heavy (non-hydrogen) atoms. The Balaban J connectivity index is 2.76. The Labute approximate surface area is 113 Å². The molecule has 0 spiro atoms. The molecular formula is C13H20ClN3O. The quantitative estimate of drug-likeness (QED) is 0.834. The van der Waals surface area contributed by atoms with Gasteiger partial charge in [-0.1, -0.05) is 11.6 Å². The van der Waals surface area contributed by atoms with Gasteiger partial charge < -0.3 is 15.5 Å². The van der Waals surface area contributed by atoms with Crippen LogP contribution >= 0.6 is 11.6 Å². The lowest BCUT2D eigenvalue weighted by atomic mass is 10.2. The van der Waals surface area contributed by atoms with Gasteiger partial charge in [0.25, 0.3) is 0 Å². The highest BCUT2D eigenvalue weighted by Crippen LogP contribution is 2.25. The molecule has 0 fully saturated rings. The molecule has 0 saturated carbocycles. The Bertz CT molecular complexity index is 419. The lowest BCUT2D eigenvalue weighted by Gasteiger charge is -2.25. The number of nitrogen functional groups attached to an aromatic ring is 1. The van der Waals surface area contributed by atoms with Gasteiger partial charge in [0.2, 0.25) is 5.91 Å². The van der Waals surface area contributed by atoms with Gasteiger partial charge in [-0.3, -0.25) is 4.79 Å². The normalized spacial score (nSPS) is 10.2. The number of anilines is 2. The van der Waals surface area contributed by atoms with Crippen molar-refractivity contribution in [2.75, 3.05) is 37.3 Å². The van der Waals surface area contributed by atoms with Crippen LogP contribution in [-0.4, -0.2) is 37.5 Å². The summed E-state index contributed by atoms with van der Waals surface area (Å²) < 4.78 is 0. The van der Waals surface area contributed by atoms with Gasteiger partial charge in [-0.15, -0.1) is 0 Å². The van der Waals surface area contributed by atoms with Crippen LogP contribution in [0, 0.1) is 0 Å². The summed E-state index contributed by atoms with van der Waals surface area (Å²) in [7, 11) is 1.85. The number of hydrogen-bond acceptors (Lipinski definition) is 3. The molecule has 1 aromatic rings. The molecule has 0 atom stereocenters. The van der Waals surface area contributed by atoms with E-state index in [4.69, 9.17) is 17.3 Å². The Morgan fingerprint density at radius 3 is 2.44 bits per heavy atom. The van der Waals surface area contributed by atoms with Crippen molar-refractivity contribution >= 4 is 28.9 Å². The van der Waals surface area contributed by atoms with Gasteiger partial charge in [0, 0.05) is 25.2 Å². The molecule has 1 rings (SSSR count). The van der Waals surface area contributed by atoms with Gasteiger partial charge in [-0.2, -0.15) is 0 Å². The second kappa shape index (κ2) is 6.50. The molecule has 0 aromatic heterocycles. The maximum atomic E-state index is 12.0. The summed E-state index contributed by atoms with van der Waals surface area (Å²) in [6, 6.07) is 5.29. The lowest BCUT2D eigenvalue weighted by Crippen LogP contribution is -2.39. The minimum Gasteiger partial charge on any atom is -0.397 e. The number of amides is 1. The van der Waals surface area contributed by atoms with Gasteiger partial charge >= 0.3 is 0 Å². The second-order valence-electron chi connectivity index (χ2n) is 4.13. The minimum atomic E-state index is 0.0943. The smallest absolute Gasteiger partial charge is 0.242 e. The molecule has 0 aliphatic carbocycles. The zero-order valence-electron chi connectivity index (χ0n) is 11.1. The van der Waals surface area contributed by atoms with E-state index in [1.165, 1.54) is 0 Å². The van der Waals surface area contributed by atoms with Gasteiger partial charge in [-0.05, 0) is 32.0 Å². The fourth-order valence-electron chi connectivity index (χ4n) is 1.84. The third-order valence-electron chi connectivity index (χ3n) is 2.89. The van der Waals surface area contributed by atoms with Crippen molar-refractivity contribution in [2.24, 2.45) is 0 Å². The minimum absolute atomic E-state index is 0.0943. The van der Waals surface area contributed by atoms with E-state index in [9.17, 15) is 4.79 Å². The zero-order valence-corrected chi connectivity index (χ0v) is 11.9. The van der Waals surface area contributed by atoms with Crippen molar-refractivity contribution in [3.8, 4) is 0 Å². The number of likely N-dealkylation sites (N-methyl/N-ethyl adjacent to an activating group) is 2. The Morgan fingerprint density at radius 1 is 1.33 bits per heavy atom. The fourth-order valence-corrected chi connectivity index (χ4v) is 2.02. The van der Waals surface area contributed by atoms with Gasteiger partial charge in [0.05, 0.1) is 17.9 Å². The number of nitrogens with zero attached hydrogens (tertiary/aromatic N) is 2. The molecule has 0 radical (unpaired) electrons. The van der Waals surface area contributed by atoms with Crippen molar-refractivity contribution in [1.82, 2.24) is 4.90 Å². The number of halogens is 1. The number of benzene rings is 1. The standard InChI is InChI=1S/C13H20ClN3O/c1-4-17(5-2)13(18)9-16(3)12-7-6-10(14)8-11(12)15/h6-8H,4-5,9,15H2,1-3H3. The molecule has 1 amide bonds. The first-order valence-electron chi connectivity index (χ1n) is 6.03. The highest BCUT2D eigenvalue weighted by atomic mass is 35.5. The van der Waals surface area contributed by atoms with E-state index in [2.05, 4.69) is 0 Å². The molecule has 0 unspecified atom stereocenters. The molecule has 0 aliphatic heterocycles. The highest BCUT2D eigenvalue weighted by molar-refractivity contribution is 6.31. The van der Waals surface area contributed by atoms with E-state index in [1.807, 2.05) is 31.9 Å². The van der Waals surface area contributed by atoms with Crippen LogP contribution in [0.4, 0.5) is 11.4 Å². The summed E-state index contributed by atoms with van der Waals surface area (Å²) >= 11 is 5.85. The molecular weight excluding hydrogens is 250 g/mol. The molecule has 0 heterocycles. The number of carbonyl (C=O) groups excluding carboxylic acids is 1. The number of rotatable bonds is 5. The van der Waals surface area contributed by atoms with Crippen molar-refractivity contribution in [1.29, 1.82) is 0 Å². The van der Waals surface area contributed by atoms with Crippen LogP contribution in [0.25, 0.3) is 0 Å². The molecule has 4 nitrogen and oxygen atoms in total. The maximum Gasteiger partial charge on any atom is 0.242 e. The summed E-state index contributed by atoms with van der Waals surface area (Å²) in [5.41, 5.74) is 7.29. The number of nitrogens with two attached hydrogens (primary N) is 1. The van der Waals surface area contributed by atoms with Crippen LogP contribution in [0.3, 0.4) is 0 Å². The molecule has 2 N–H and O–H groups in total. The second-order valence-corrected chi connectivity index (χ2v) is 4.56. The van der Waals surface area contributed by atoms with E-state index in [1.54, 1.807) is 17.0 Å². The predicted molar refractivity (Wildman–Crippen MR) is 77.1 cm³/mol. The highest BCUT2D eigenvalue weighted by Gasteiger charge is 2.14. The third-order valence-corrected chi connectivity index (χ3v) is 3.12. The summed E-state index contributed by atoms with van der Waals surface area (Å²) in [5, 5.41) is 0.597. The molecule has 0 aliphatic rings. The molecule has 0 bridgehead atoms. The van der Waals surface area contributed by atoms with E-state index in [0.29, 0.717) is 17.3 Å². The topological polar surface area (TPSA) is 49.6 Å². The van der Waals surface area contributed by atoms with Crippen LogP contribution in [-0.2, 0) is 4.79 Å². The summed E-state index contributed by atoms with van der Waals surface area (Å²) in [6.07, 6.45) is 0. The van der Waals surface area contributed by atoms with Crippen LogP contribution in [0.2, 0.25) is 5.02 Å². The Hall–Kier alpha value is -1.42. The zero-order chi connectivity index (χ0) is 13.7. The Kier molecular flexibility index (Phi) is 5.28. The molecule has 100 valence electrons. The van der Waals surface area contributed by atoms with Crippen molar-refractivity contribution in [3.63, 3.8) is 0 Å². The first-order valence-corrected chi connectivity index (χ1v) is 6.41. The van der Waals surface area contributed by atoms with E-state index in [0.717, 1.165) is 18.8 Å². The first kappa shape index (κ1) is 14.6. The van der Waals surface area contributed by atoms with E-state index in [-0.39, 0.29) is 5.91 Å². The summed E-state index contributed by atoms with van der Waals surface area (Å²) in [5.74, 6) is 0.0943. The third kappa shape index (κ3) is 3.53. The molecule has 5 heteroatoms. The molecule has 1 aromatic carbocycles. The average Bonchev–Trinajstić information content (AvgIpc) is 2.30. The van der Waals surface area contributed by atoms with Gasteiger partial charge in [0.15, 0.2) is 0 Å². The van der Waals surface area contributed by atoms with Crippen molar-refractivity contribution in [2.45, 2.75) is 13.8 Å². The summed E-state index contributed by atoms with van der Waals surface area (Å²) in [6.45, 7) is 5.70.